The topological polar surface area (TPSA) is 21.8 Å². The molecule has 2 aliphatic rings. The van der Waals surface area contributed by atoms with Gasteiger partial charge in [0.15, 0.2) is 0 Å². The summed E-state index contributed by atoms with van der Waals surface area (Å²) in [6, 6.07) is 1.61. The molecular weight excluding hydrogens is 260 g/mol. The van der Waals surface area contributed by atoms with Gasteiger partial charge in [-0.15, -0.1) is 0 Å². The van der Waals surface area contributed by atoms with Crippen molar-refractivity contribution in [2.75, 3.05) is 59.9 Å². The van der Waals surface area contributed by atoms with Crippen molar-refractivity contribution in [3.63, 3.8) is 0 Å². The number of hydrogen-bond acceptors (Lipinski definition) is 4. The van der Waals surface area contributed by atoms with E-state index in [0.717, 1.165) is 12.1 Å². The molecule has 1 aliphatic heterocycles. The number of piperazine rings is 1. The molecule has 0 aromatic rings. The Kier molecular flexibility index (Phi) is 7.44. The van der Waals surface area contributed by atoms with Crippen molar-refractivity contribution >= 4 is 0 Å². The van der Waals surface area contributed by atoms with Crippen LogP contribution in [0.25, 0.3) is 0 Å². The van der Waals surface area contributed by atoms with Gasteiger partial charge in [0.1, 0.15) is 0 Å². The maximum atomic E-state index is 3.74. The van der Waals surface area contributed by atoms with Crippen LogP contribution >= 0.6 is 0 Å². The molecule has 0 spiro atoms. The van der Waals surface area contributed by atoms with E-state index >= 15 is 0 Å². The minimum Gasteiger partial charge on any atom is -0.314 e. The lowest BCUT2D eigenvalue weighted by atomic mass is 9.89. The highest BCUT2D eigenvalue weighted by Gasteiger charge is 2.28. The molecule has 21 heavy (non-hydrogen) atoms. The predicted octanol–water partition coefficient (Wildman–Crippen LogP) is 1.48. The number of nitrogens with one attached hydrogen (secondary N) is 1. The molecule has 2 atom stereocenters. The Balaban J connectivity index is 1.69. The Hall–Kier alpha value is -0.160. The Morgan fingerprint density at radius 2 is 1.86 bits per heavy atom. The monoisotopic (exact) mass is 296 g/mol. The van der Waals surface area contributed by atoms with E-state index in [4.69, 9.17) is 0 Å². The standard InChI is InChI=1S/C17H36N4/c1-4-8-18-16-6-5-7-17(15-16)21-13-11-20(12-14-21)10-9-19(2)3/h16-18H,4-15H2,1-3H3. The van der Waals surface area contributed by atoms with Gasteiger partial charge in [-0.1, -0.05) is 13.3 Å². The van der Waals surface area contributed by atoms with E-state index < -0.39 is 0 Å². The predicted molar refractivity (Wildman–Crippen MR) is 90.9 cm³/mol. The smallest absolute Gasteiger partial charge is 0.0113 e. The largest absolute Gasteiger partial charge is 0.314 e. The lowest BCUT2D eigenvalue weighted by Crippen LogP contribution is -2.53. The molecule has 0 radical (unpaired) electrons. The Morgan fingerprint density at radius 1 is 1.10 bits per heavy atom. The van der Waals surface area contributed by atoms with E-state index in [1.165, 1.54) is 77.9 Å². The first kappa shape index (κ1) is 17.2. The molecule has 2 rings (SSSR count). The summed E-state index contributed by atoms with van der Waals surface area (Å²) in [5.74, 6) is 0. The summed E-state index contributed by atoms with van der Waals surface area (Å²) in [6.45, 7) is 10.9. The second kappa shape index (κ2) is 9.09. The van der Waals surface area contributed by atoms with E-state index in [-0.39, 0.29) is 0 Å². The van der Waals surface area contributed by atoms with Crippen LogP contribution in [0.15, 0.2) is 0 Å². The summed E-state index contributed by atoms with van der Waals surface area (Å²) >= 11 is 0. The first-order chi connectivity index (χ1) is 10.2. The number of likely N-dealkylation sites (N-methyl/N-ethyl adjacent to an activating group) is 1. The van der Waals surface area contributed by atoms with Gasteiger partial charge in [0.05, 0.1) is 0 Å². The van der Waals surface area contributed by atoms with Gasteiger partial charge in [-0.2, -0.15) is 0 Å². The Morgan fingerprint density at radius 3 is 2.52 bits per heavy atom. The summed E-state index contributed by atoms with van der Waals surface area (Å²) < 4.78 is 0. The van der Waals surface area contributed by atoms with Crippen molar-refractivity contribution in [1.29, 1.82) is 0 Å². The van der Waals surface area contributed by atoms with Crippen LogP contribution in [0.2, 0.25) is 0 Å². The normalized spacial score (nSPS) is 29.1. The molecule has 0 aromatic carbocycles. The van der Waals surface area contributed by atoms with Crippen molar-refractivity contribution in [3.05, 3.63) is 0 Å². The highest BCUT2D eigenvalue weighted by Crippen LogP contribution is 2.24. The number of rotatable bonds is 7. The number of nitrogens with zero attached hydrogens (tertiary/aromatic N) is 3. The van der Waals surface area contributed by atoms with Gasteiger partial charge >= 0.3 is 0 Å². The van der Waals surface area contributed by atoms with Gasteiger partial charge in [-0.3, -0.25) is 9.80 Å². The third-order valence-electron chi connectivity index (χ3n) is 5.12. The molecule has 4 nitrogen and oxygen atoms in total. The van der Waals surface area contributed by atoms with Crippen LogP contribution in [0, 0.1) is 0 Å². The third-order valence-corrected chi connectivity index (χ3v) is 5.12. The molecule has 0 amide bonds. The van der Waals surface area contributed by atoms with Crippen LogP contribution in [-0.2, 0) is 0 Å². The SMILES string of the molecule is CCCNC1CCCC(N2CCN(CCN(C)C)CC2)C1. The molecule has 1 N–H and O–H groups in total. The van der Waals surface area contributed by atoms with Crippen LogP contribution in [0.1, 0.15) is 39.0 Å². The Labute approximate surface area is 131 Å². The fourth-order valence-corrected chi connectivity index (χ4v) is 3.72. The molecule has 1 saturated carbocycles. The molecule has 4 heteroatoms. The fraction of sp³-hybridized carbons (Fsp3) is 1.00. The minimum absolute atomic E-state index is 0.774. The molecule has 1 heterocycles. The van der Waals surface area contributed by atoms with Crippen molar-refractivity contribution in [1.82, 2.24) is 20.0 Å². The molecule has 1 aliphatic carbocycles. The summed E-state index contributed by atoms with van der Waals surface area (Å²) in [7, 11) is 4.34. The van der Waals surface area contributed by atoms with Gasteiger partial charge in [0, 0.05) is 51.4 Å². The molecule has 0 aromatic heterocycles. The quantitative estimate of drug-likeness (QED) is 0.768. The van der Waals surface area contributed by atoms with Crippen molar-refractivity contribution in [3.8, 4) is 0 Å². The Bertz CT molecular complexity index is 274. The molecular formula is C17H36N4. The van der Waals surface area contributed by atoms with Crippen LogP contribution in [-0.4, -0.2) is 86.7 Å². The maximum absolute atomic E-state index is 3.74. The fourth-order valence-electron chi connectivity index (χ4n) is 3.72. The maximum Gasteiger partial charge on any atom is 0.0113 e. The molecule has 0 bridgehead atoms. The zero-order chi connectivity index (χ0) is 15.1. The molecule has 2 fully saturated rings. The first-order valence-electron chi connectivity index (χ1n) is 9.03. The summed E-state index contributed by atoms with van der Waals surface area (Å²) in [4.78, 5) is 7.69. The summed E-state index contributed by atoms with van der Waals surface area (Å²) in [5.41, 5.74) is 0. The van der Waals surface area contributed by atoms with Crippen LogP contribution in [0.5, 0.6) is 0 Å². The zero-order valence-electron chi connectivity index (χ0n) is 14.5. The average molecular weight is 297 g/mol. The molecule has 124 valence electrons. The van der Waals surface area contributed by atoms with Crippen molar-refractivity contribution in [2.24, 2.45) is 0 Å². The second-order valence-corrected chi connectivity index (χ2v) is 7.15. The lowest BCUT2D eigenvalue weighted by molar-refractivity contribution is 0.0691. The van der Waals surface area contributed by atoms with E-state index in [0.29, 0.717) is 0 Å². The number of hydrogen-bond donors (Lipinski definition) is 1. The average Bonchev–Trinajstić information content (AvgIpc) is 2.51. The summed E-state index contributed by atoms with van der Waals surface area (Å²) in [5, 5.41) is 3.74. The lowest BCUT2D eigenvalue weighted by Gasteiger charge is -2.42. The first-order valence-corrected chi connectivity index (χ1v) is 9.03. The van der Waals surface area contributed by atoms with Crippen LogP contribution in [0.4, 0.5) is 0 Å². The van der Waals surface area contributed by atoms with Crippen molar-refractivity contribution < 1.29 is 0 Å². The second-order valence-electron chi connectivity index (χ2n) is 7.15. The van der Waals surface area contributed by atoms with Gasteiger partial charge in [-0.05, 0) is 46.3 Å². The van der Waals surface area contributed by atoms with Crippen LogP contribution < -0.4 is 5.32 Å². The van der Waals surface area contributed by atoms with Crippen molar-refractivity contribution in [2.45, 2.75) is 51.1 Å². The molecule has 1 saturated heterocycles. The van der Waals surface area contributed by atoms with E-state index in [2.05, 4.69) is 41.0 Å². The van der Waals surface area contributed by atoms with Gasteiger partial charge in [-0.25, -0.2) is 0 Å². The van der Waals surface area contributed by atoms with Gasteiger partial charge in [0.2, 0.25) is 0 Å². The zero-order valence-corrected chi connectivity index (χ0v) is 14.5. The van der Waals surface area contributed by atoms with Gasteiger partial charge in [0.25, 0.3) is 0 Å². The van der Waals surface area contributed by atoms with Crippen LogP contribution in [0.3, 0.4) is 0 Å². The van der Waals surface area contributed by atoms with E-state index in [1.54, 1.807) is 0 Å². The third kappa shape index (κ3) is 5.85. The molecule has 2 unspecified atom stereocenters. The minimum atomic E-state index is 0.774. The van der Waals surface area contributed by atoms with Gasteiger partial charge < -0.3 is 10.2 Å². The summed E-state index contributed by atoms with van der Waals surface area (Å²) in [6.07, 6.45) is 6.84. The highest BCUT2D eigenvalue weighted by molar-refractivity contribution is 4.86. The van der Waals surface area contributed by atoms with E-state index in [9.17, 15) is 0 Å². The van der Waals surface area contributed by atoms with E-state index in [1.807, 2.05) is 0 Å². The highest BCUT2D eigenvalue weighted by atomic mass is 15.3.